The van der Waals surface area contributed by atoms with Crippen LogP contribution in [0.1, 0.15) is 74.4 Å². The van der Waals surface area contributed by atoms with Gasteiger partial charge < -0.3 is 10.0 Å². The number of rotatable bonds is 11. The third kappa shape index (κ3) is 10.7. The molecule has 1 saturated heterocycles. The summed E-state index contributed by atoms with van der Waals surface area (Å²) >= 11 is 0. The Balaban J connectivity index is 0.000000436. The topological polar surface area (TPSA) is 52.0 Å². The number of aliphatic imine (C=N–C) groups is 1. The summed E-state index contributed by atoms with van der Waals surface area (Å²) in [6.07, 6.45) is 8.73. The second-order valence-corrected chi connectivity index (χ2v) is 11.1. The minimum Gasteiger partial charge on any atom is -0.508 e. The van der Waals surface area contributed by atoms with E-state index >= 15 is 0 Å². The average molecular weight is 561 g/mol. The first kappa shape index (κ1) is 32.4. The lowest BCUT2D eigenvalue weighted by Crippen LogP contribution is -2.45. The largest absolute Gasteiger partial charge is 0.508 e. The highest BCUT2D eigenvalue weighted by Crippen LogP contribution is 2.20. The molecule has 0 aliphatic carbocycles. The van der Waals surface area contributed by atoms with Crippen LogP contribution >= 0.6 is 0 Å². The van der Waals surface area contributed by atoms with Crippen molar-refractivity contribution in [3.8, 4) is 5.75 Å². The Labute approximate surface area is 247 Å². The standard InChI is InChI=1S/C27H39FN4.C8H10O/c1-5-14-32(15-6-7-27-21(2)18-24(19-30-27)22(3)29-4)26-12-16-31(17-13-26)20-23-8-10-25(28)11-9-23;1-2-7-4-3-5-8(9)6-7/h8-11,18-19,26H,5-7,12-17,20H2,1-4H3;3-6,9H,2H2,1H3. The molecular weight excluding hydrogens is 511 g/mol. The smallest absolute Gasteiger partial charge is 0.123 e. The molecule has 222 valence electrons. The number of aromatic nitrogens is 1. The van der Waals surface area contributed by atoms with E-state index in [2.05, 4.69) is 41.6 Å². The molecule has 4 rings (SSSR count). The molecule has 2 heterocycles. The maximum absolute atomic E-state index is 13.1. The highest BCUT2D eigenvalue weighted by atomic mass is 19.1. The quantitative estimate of drug-likeness (QED) is 0.251. The Morgan fingerprint density at radius 2 is 1.78 bits per heavy atom. The fraction of sp³-hybridized carbons (Fsp3) is 0.486. The normalized spacial score (nSPS) is 14.7. The van der Waals surface area contributed by atoms with Crippen LogP contribution in [0.5, 0.6) is 5.75 Å². The van der Waals surface area contributed by atoms with Crippen LogP contribution in [-0.2, 0) is 19.4 Å². The molecular formula is C35H49FN4O. The zero-order valence-electron chi connectivity index (χ0n) is 25.7. The van der Waals surface area contributed by atoms with Crippen molar-refractivity contribution in [2.24, 2.45) is 4.99 Å². The summed E-state index contributed by atoms with van der Waals surface area (Å²) in [5.74, 6) is 0.197. The first-order chi connectivity index (χ1) is 19.8. The summed E-state index contributed by atoms with van der Waals surface area (Å²) in [5.41, 5.74) is 7.00. The molecule has 1 aromatic heterocycles. The van der Waals surface area contributed by atoms with E-state index < -0.39 is 0 Å². The van der Waals surface area contributed by atoms with E-state index in [4.69, 9.17) is 10.1 Å². The van der Waals surface area contributed by atoms with Gasteiger partial charge in [0.2, 0.25) is 0 Å². The predicted octanol–water partition coefficient (Wildman–Crippen LogP) is 7.23. The second-order valence-electron chi connectivity index (χ2n) is 11.1. The highest BCUT2D eigenvalue weighted by Gasteiger charge is 2.24. The predicted molar refractivity (Wildman–Crippen MR) is 169 cm³/mol. The molecule has 0 atom stereocenters. The van der Waals surface area contributed by atoms with Crippen molar-refractivity contribution in [3.05, 3.63) is 94.6 Å². The summed E-state index contributed by atoms with van der Waals surface area (Å²) in [6.45, 7) is 14.0. The van der Waals surface area contributed by atoms with Gasteiger partial charge in [-0.15, -0.1) is 0 Å². The highest BCUT2D eigenvalue weighted by molar-refractivity contribution is 5.98. The number of hydrogen-bond acceptors (Lipinski definition) is 5. The van der Waals surface area contributed by atoms with E-state index in [0.29, 0.717) is 11.8 Å². The van der Waals surface area contributed by atoms with Gasteiger partial charge >= 0.3 is 0 Å². The van der Waals surface area contributed by atoms with Crippen LogP contribution in [-0.4, -0.2) is 64.9 Å². The molecule has 1 aliphatic rings. The van der Waals surface area contributed by atoms with Crippen LogP contribution in [0.15, 0.2) is 65.8 Å². The van der Waals surface area contributed by atoms with Crippen molar-refractivity contribution in [1.29, 1.82) is 0 Å². The fourth-order valence-electron chi connectivity index (χ4n) is 5.47. The number of halogens is 1. The lowest BCUT2D eigenvalue weighted by molar-refractivity contribution is 0.103. The van der Waals surface area contributed by atoms with Gasteiger partial charge in [-0.25, -0.2) is 4.39 Å². The molecule has 0 amide bonds. The molecule has 0 saturated carbocycles. The first-order valence-electron chi connectivity index (χ1n) is 15.2. The molecule has 0 unspecified atom stereocenters. The second kappa shape index (κ2) is 17.0. The van der Waals surface area contributed by atoms with Crippen LogP contribution in [0.3, 0.4) is 0 Å². The van der Waals surface area contributed by atoms with E-state index in [1.807, 2.05) is 44.4 Å². The SMILES string of the molecule is CCCN(CCCc1ncc(C(C)=NC)cc1C)C1CCN(Cc2ccc(F)cc2)CC1.CCc1cccc(O)c1. The van der Waals surface area contributed by atoms with Gasteiger partial charge in [-0.3, -0.25) is 14.9 Å². The lowest BCUT2D eigenvalue weighted by atomic mass is 10.0. The van der Waals surface area contributed by atoms with Crippen molar-refractivity contribution in [2.45, 2.75) is 78.8 Å². The zero-order valence-corrected chi connectivity index (χ0v) is 25.7. The van der Waals surface area contributed by atoms with E-state index in [9.17, 15) is 4.39 Å². The van der Waals surface area contributed by atoms with Crippen LogP contribution < -0.4 is 0 Å². The van der Waals surface area contributed by atoms with Crippen molar-refractivity contribution < 1.29 is 9.50 Å². The Kier molecular flexibility index (Phi) is 13.4. The Morgan fingerprint density at radius 3 is 2.37 bits per heavy atom. The number of piperidine rings is 1. The van der Waals surface area contributed by atoms with Crippen LogP contribution in [0.4, 0.5) is 4.39 Å². The molecule has 0 radical (unpaired) electrons. The number of phenols is 1. The van der Waals surface area contributed by atoms with Gasteiger partial charge in [0.05, 0.1) is 0 Å². The van der Waals surface area contributed by atoms with Gasteiger partial charge in [0.1, 0.15) is 11.6 Å². The molecule has 0 bridgehead atoms. The lowest BCUT2D eigenvalue weighted by Gasteiger charge is -2.38. The number of aromatic hydroxyl groups is 1. The maximum atomic E-state index is 13.1. The van der Waals surface area contributed by atoms with E-state index in [1.54, 1.807) is 24.3 Å². The maximum Gasteiger partial charge on any atom is 0.123 e. The van der Waals surface area contributed by atoms with E-state index in [1.165, 1.54) is 48.2 Å². The fourth-order valence-corrected chi connectivity index (χ4v) is 5.47. The van der Waals surface area contributed by atoms with Crippen LogP contribution in [0, 0.1) is 12.7 Å². The third-order valence-corrected chi connectivity index (χ3v) is 8.02. The number of benzene rings is 2. The summed E-state index contributed by atoms with van der Waals surface area (Å²) in [4.78, 5) is 14.2. The van der Waals surface area contributed by atoms with Crippen molar-refractivity contribution in [2.75, 3.05) is 33.2 Å². The number of phenolic OH excluding ortho intramolecular Hbond substituents is 1. The molecule has 1 aliphatic heterocycles. The average Bonchev–Trinajstić information content (AvgIpc) is 2.99. The van der Waals surface area contributed by atoms with Crippen molar-refractivity contribution >= 4 is 5.71 Å². The molecule has 6 heteroatoms. The molecule has 1 N–H and O–H groups in total. The van der Waals surface area contributed by atoms with Crippen molar-refractivity contribution in [3.63, 3.8) is 0 Å². The Hall–Kier alpha value is -3.09. The Morgan fingerprint density at radius 1 is 1.05 bits per heavy atom. The Bertz CT molecular complexity index is 1220. The molecule has 1 fully saturated rings. The van der Waals surface area contributed by atoms with Gasteiger partial charge in [0.15, 0.2) is 0 Å². The van der Waals surface area contributed by atoms with Gasteiger partial charge in [0, 0.05) is 42.8 Å². The number of aryl methyl sites for hydroxylation is 3. The van der Waals surface area contributed by atoms with Crippen LogP contribution in [0.25, 0.3) is 0 Å². The third-order valence-electron chi connectivity index (χ3n) is 8.02. The minimum atomic E-state index is -0.158. The molecule has 3 aromatic rings. The number of nitrogens with zero attached hydrogens (tertiary/aromatic N) is 4. The molecule has 41 heavy (non-hydrogen) atoms. The summed E-state index contributed by atoms with van der Waals surface area (Å²) in [5, 5.41) is 8.94. The minimum absolute atomic E-state index is 0.158. The first-order valence-corrected chi connectivity index (χ1v) is 15.2. The van der Waals surface area contributed by atoms with Crippen LogP contribution in [0.2, 0.25) is 0 Å². The monoisotopic (exact) mass is 560 g/mol. The zero-order chi connectivity index (χ0) is 29.6. The number of likely N-dealkylation sites (tertiary alicyclic amines) is 1. The number of hydrogen-bond donors (Lipinski definition) is 1. The summed E-state index contributed by atoms with van der Waals surface area (Å²) < 4.78 is 13.1. The van der Waals surface area contributed by atoms with Gasteiger partial charge in [-0.2, -0.15) is 0 Å². The van der Waals surface area contributed by atoms with Gasteiger partial charge in [-0.1, -0.05) is 38.1 Å². The van der Waals surface area contributed by atoms with Gasteiger partial charge in [-0.05, 0) is 126 Å². The van der Waals surface area contributed by atoms with E-state index in [0.717, 1.165) is 56.7 Å². The summed E-state index contributed by atoms with van der Waals surface area (Å²) in [6, 6.07) is 17.1. The summed E-state index contributed by atoms with van der Waals surface area (Å²) in [7, 11) is 1.83. The molecule has 5 nitrogen and oxygen atoms in total. The number of pyridine rings is 1. The van der Waals surface area contributed by atoms with Gasteiger partial charge in [0.25, 0.3) is 0 Å². The van der Waals surface area contributed by atoms with E-state index in [-0.39, 0.29) is 5.82 Å². The molecule has 0 spiro atoms. The molecule has 2 aromatic carbocycles. The van der Waals surface area contributed by atoms with Crippen molar-refractivity contribution in [1.82, 2.24) is 14.8 Å².